The number of nitrogens with two attached hydrogens (primary N) is 2. The van der Waals surface area contributed by atoms with Crippen molar-refractivity contribution < 1.29 is 18.0 Å². The predicted octanol–water partition coefficient (Wildman–Crippen LogP) is 4.50. The first kappa shape index (κ1) is 37.3. The van der Waals surface area contributed by atoms with Crippen LogP contribution in [0.4, 0.5) is 0 Å². The van der Waals surface area contributed by atoms with Crippen LogP contribution in [0.5, 0.6) is 0 Å². The summed E-state index contributed by atoms with van der Waals surface area (Å²) in [7, 11) is -4.21. The smallest absolute Gasteiger partial charge is 0.253 e. The average Bonchev–Trinajstić information content (AvgIpc) is 3.06. The molecule has 3 aromatic carbocycles. The summed E-state index contributed by atoms with van der Waals surface area (Å²) in [5, 5.41) is 15.5. The van der Waals surface area contributed by atoms with Crippen LogP contribution >= 0.6 is 0 Å². The summed E-state index contributed by atoms with van der Waals surface area (Å²) in [6.45, 7) is 13.0. The van der Waals surface area contributed by atoms with Crippen molar-refractivity contribution in [2.45, 2.75) is 76.7 Å². The van der Waals surface area contributed by atoms with Crippen molar-refractivity contribution in [1.82, 2.24) is 14.5 Å². The van der Waals surface area contributed by atoms with Gasteiger partial charge >= 0.3 is 0 Å². The molecule has 0 bridgehead atoms. The molecule has 262 valence electrons. The molecule has 1 fully saturated rings. The van der Waals surface area contributed by atoms with Crippen LogP contribution in [-0.2, 0) is 21.2 Å². The Balaban J connectivity index is 1.66. The fourth-order valence-electron chi connectivity index (χ4n) is 6.05. The highest BCUT2D eigenvalue weighted by Crippen LogP contribution is 2.35. The molecular weight excluding hydrogens is 639 g/mol. The largest absolute Gasteiger partial charge is 0.384 e. The predicted molar refractivity (Wildman–Crippen MR) is 194 cm³/mol. The minimum absolute atomic E-state index is 0.0406. The minimum atomic E-state index is -4.21. The molecule has 0 aliphatic carbocycles. The first-order valence-corrected chi connectivity index (χ1v) is 18.1. The van der Waals surface area contributed by atoms with E-state index >= 15 is 0 Å². The highest BCUT2D eigenvalue weighted by molar-refractivity contribution is 7.89. The van der Waals surface area contributed by atoms with E-state index in [2.05, 4.69) is 18.6 Å². The number of carbonyl (C=O) groups excluding carboxylic acids is 2. The summed E-state index contributed by atoms with van der Waals surface area (Å²) < 4.78 is 31.8. The van der Waals surface area contributed by atoms with Crippen LogP contribution in [0.15, 0.2) is 65.6 Å². The van der Waals surface area contributed by atoms with Gasteiger partial charge in [-0.1, -0.05) is 84.0 Å². The molecule has 2 amide bonds. The molecule has 1 atom stereocenters. The van der Waals surface area contributed by atoms with Crippen LogP contribution in [0.2, 0.25) is 0 Å². The summed E-state index contributed by atoms with van der Waals surface area (Å²) in [6, 6.07) is 16.2. The van der Waals surface area contributed by atoms with Crippen LogP contribution < -0.4 is 16.2 Å². The molecule has 3 aromatic rings. The Labute approximate surface area is 290 Å². The van der Waals surface area contributed by atoms with Crippen LogP contribution in [0.1, 0.15) is 103 Å². The number of rotatable bonds is 12. The van der Waals surface area contributed by atoms with Gasteiger partial charge < -0.3 is 21.3 Å². The van der Waals surface area contributed by atoms with Crippen LogP contribution in [-0.4, -0.2) is 73.9 Å². The molecule has 11 nitrogen and oxygen atoms in total. The Bertz CT molecular complexity index is 1800. The monoisotopic (exact) mass is 687 g/mol. The third-order valence-corrected chi connectivity index (χ3v) is 10.5. The van der Waals surface area contributed by atoms with Crippen molar-refractivity contribution >= 4 is 33.5 Å². The molecule has 4 rings (SSSR count). The number of hydrogen-bond donors (Lipinski definition) is 5. The van der Waals surface area contributed by atoms with Crippen LogP contribution in [0.3, 0.4) is 0 Å². The molecule has 0 aromatic heterocycles. The van der Waals surface area contributed by atoms with Crippen molar-refractivity contribution in [3.8, 4) is 0 Å². The van der Waals surface area contributed by atoms with E-state index in [-0.39, 0.29) is 72.8 Å². The first-order chi connectivity index (χ1) is 23.0. The highest BCUT2D eigenvalue weighted by Gasteiger charge is 2.35. The molecule has 7 N–H and O–H groups in total. The lowest BCUT2D eigenvalue weighted by Gasteiger charge is -2.36. The third-order valence-electron chi connectivity index (χ3n) is 8.94. The first-order valence-electron chi connectivity index (χ1n) is 16.7. The van der Waals surface area contributed by atoms with Crippen molar-refractivity contribution in [1.29, 1.82) is 10.8 Å². The standard InChI is InChI=1S/C37H49N7O4S/c1-22(2)29-20-30(23(3)4)33(31(21-29)24(5)6)49(47,48)42-32(19-25-8-7-9-28(18-25)35(40)41)37(46)44-16-14-43(15-17-44)36(45)27-12-10-26(11-13-27)34(38)39/h7-13,18,20-24,32,42H,14-17,19H2,1-6H3,(H3,38,39)(H3,40,41)/t32-/m0/s1. The normalized spacial score (nSPS) is 14.4. The molecule has 1 aliphatic heterocycles. The fourth-order valence-corrected chi connectivity index (χ4v) is 7.94. The maximum Gasteiger partial charge on any atom is 0.253 e. The fraction of sp³-hybridized carbons (Fsp3) is 0.405. The summed E-state index contributed by atoms with van der Waals surface area (Å²) >= 11 is 0. The lowest BCUT2D eigenvalue weighted by Crippen LogP contribution is -2.56. The zero-order valence-electron chi connectivity index (χ0n) is 29.2. The van der Waals surface area contributed by atoms with E-state index in [1.807, 2.05) is 39.8 Å². The average molecular weight is 688 g/mol. The molecule has 1 aliphatic rings. The summed E-state index contributed by atoms with van der Waals surface area (Å²) in [5.74, 6) is -0.790. The van der Waals surface area contributed by atoms with E-state index in [4.69, 9.17) is 22.3 Å². The van der Waals surface area contributed by atoms with Gasteiger partial charge in [0.25, 0.3) is 5.91 Å². The number of hydrogen-bond acceptors (Lipinski definition) is 6. The molecule has 1 saturated heterocycles. The molecule has 1 heterocycles. The Kier molecular flexibility index (Phi) is 11.7. The molecule has 0 spiro atoms. The Hall–Kier alpha value is -4.55. The van der Waals surface area contributed by atoms with Gasteiger partial charge in [0, 0.05) is 42.9 Å². The maximum absolute atomic E-state index is 14.5. The summed E-state index contributed by atoms with van der Waals surface area (Å²) in [4.78, 5) is 30.9. The SMILES string of the molecule is CC(C)c1cc(C(C)C)c(S(=O)(=O)N[C@@H](Cc2cccc(C(=N)N)c2)C(=O)N2CCN(C(=O)c3ccc(C(=N)N)cc3)CC2)c(C(C)C)c1. The molecule has 12 heteroatoms. The van der Waals surface area contributed by atoms with Gasteiger partial charge in [-0.15, -0.1) is 0 Å². The van der Waals surface area contributed by atoms with Crippen molar-refractivity contribution in [2.75, 3.05) is 26.2 Å². The molecular formula is C37H49N7O4S. The highest BCUT2D eigenvalue weighted by atomic mass is 32.2. The van der Waals surface area contributed by atoms with Gasteiger partial charge in [0.1, 0.15) is 17.7 Å². The number of nitrogen functional groups attached to an aromatic ring is 2. The second-order valence-corrected chi connectivity index (χ2v) is 15.2. The Morgan fingerprint density at radius 1 is 0.735 bits per heavy atom. The van der Waals surface area contributed by atoms with E-state index in [0.29, 0.717) is 33.4 Å². The molecule has 0 radical (unpaired) electrons. The lowest BCUT2D eigenvalue weighted by molar-refractivity contribution is -0.134. The Morgan fingerprint density at radius 2 is 1.24 bits per heavy atom. The number of nitrogens with zero attached hydrogens (tertiary/aromatic N) is 2. The zero-order valence-corrected chi connectivity index (χ0v) is 30.0. The van der Waals surface area contributed by atoms with E-state index in [1.165, 1.54) is 0 Å². The number of sulfonamides is 1. The van der Waals surface area contributed by atoms with E-state index < -0.39 is 22.0 Å². The summed E-state index contributed by atoms with van der Waals surface area (Å²) in [5.41, 5.74) is 15.8. The van der Waals surface area contributed by atoms with Crippen molar-refractivity contribution in [3.05, 3.63) is 99.6 Å². The number of piperazine rings is 1. The van der Waals surface area contributed by atoms with Gasteiger partial charge in [-0.25, -0.2) is 8.42 Å². The van der Waals surface area contributed by atoms with E-state index in [1.54, 1.807) is 58.3 Å². The number of amides is 2. The summed E-state index contributed by atoms with van der Waals surface area (Å²) in [6.07, 6.45) is 0.0406. The number of benzene rings is 3. The van der Waals surface area contributed by atoms with Gasteiger partial charge in [0.2, 0.25) is 15.9 Å². The van der Waals surface area contributed by atoms with E-state index in [0.717, 1.165) is 5.56 Å². The second kappa shape index (κ2) is 15.3. The van der Waals surface area contributed by atoms with Crippen LogP contribution in [0.25, 0.3) is 0 Å². The molecule has 0 saturated carbocycles. The van der Waals surface area contributed by atoms with Gasteiger partial charge in [0.15, 0.2) is 0 Å². The number of nitrogens with one attached hydrogen (secondary N) is 3. The third kappa shape index (κ3) is 8.73. The van der Waals surface area contributed by atoms with Gasteiger partial charge in [-0.2, -0.15) is 4.72 Å². The molecule has 0 unspecified atom stereocenters. The van der Waals surface area contributed by atoms with Crippen molar-refractivity contribution in [2.24, 2.45) is 11.5 Å². The molecule has 49 heavy (non-hydrogen) atoms. The lowest BCUT2D eigenvalue weighted by atomic mass is 9.89. The minimum Gasteiger partial charge on any atom is -0.384 e. The maximum atomic E-state index is 14.5. The van der Waals surface area contributed by atoms with Gasteiger partial charge in [-0.3, -0.25) is 20.4 Å². The topological polar surface area (TPSA) is 187 Å². The van der Waals surface area contributed by atoms with Gasteiger partial charge in [-0.05, 0) is 64.6 Å². The van der Waals surface area contributed by atoms with Crippen molar-refractivity contribution in [3.63, 3.8) is 0 Å². The zero-order chi connectivity index (χ0) is 36.2. The van der Waals surface area contributed by atoms with E-state index in [9.17, 15) is 18.0 Å². The second-order valence-electron chi connectivity index (χ2n) is 13.6. The number of amidine groups is 2. The van der Waals surface area contributed by atoms with Gasteiger partial charge in [0.05, 0.1) is 4.90 Å². The quantitative estimate of drug-likeness (QED) is 0.138. The Morgan fingerprint density at radius 3 is 1.73 bits per heavy atom. The van der Waals surface area contributed by atoms with Crippen LogP contribution in [0, 0.1) is 10.8 Å². The number of carbonyl (C=O) groups is 2.